The number of amides is 1. The summed E-state index contributed by atoms with van der Waals surface area (Å²) >= 11 is 0. The van der Waals surface area contributed by atoms with Crippen molar-refractivity contribution in [2.75, 3.05) is 6.54 Å². The molecule has 0 saturated carbocycles. The first-order chi connectivity index (χ1) is 9.93. The van der Waals surface area contributed by atoms with Crippen molar-refractivity contribution in [1.29, 1.82) is 0 Å². The Morgan fingerprint density at radius 3 is 2.81 bits per heavy atom. The van der Waals surface area contributed by atoms with Crippen molar-refractivity contribution in [1.82, 2.24) is 14.7 Å². The second kappa shape index (κ2) is 6.60. The molecule has 0 unspecified atom stereocenters. The van der Waals surface area contributed by atoms with E-state index in [9.17, 15) is 9.90 Å². The molecular formula is C16H27N3O2. The number of aliphatic hydroxyl groups is 1. The predicted molar refractivity (Wildman–Crippen MR) is 82.2 cm³/mol. The molecule has 118 valence electrons. The monoisotopic (exact) mass is 293 g/mol. The van der Waals surface area contributed by atoms with E-state index >= 15 is 0 Å². The molecule has 0 bridgehead atoms. The number of aliphatic hydroxyl groups excluding tert-OH is 1. The van der Waals surface area contributed by atoms with Crippen LogP contribution in [0.25, 0.3) is 0 Å². The topological polar surface area (TPSA) is 58.4 Å². The second-order valence-corrected chi connectivity index (χ2v) is 6.46. The van der Waals surface area contributed by atoms with Gasteiger partial charge in [-0.15, -0.1) is 0 Å². The number of nitrogens with zero attached hydrogens (tertiary/aromatic N) is 3. The van der Waals surface area contributed by atoms with Crippen molar-refractivity contribution < 1.29 is 9.90 Å². The highest BCUT2D eigenvalue weighted by atomic mass is 16.3. The Morgan fingerprint density at radius 2 is 2.24 bits per heavy atom. The van der Waals surface area contributed by atoms with Crippen LogP contribution < -0.4 is 0 Å². The van der Waals surface area contributed by atoms with Crippen LogP contribution in [0.15, 0.2) is 6.20 Å². The summed E-state index contributed by atoms with van der Waals surface area (Å²) in [7, 11) is 0. The van der Waals surface area contributed by atoms with Crippen molar-refractivity contribution in [3.8, 4) is 0 Å². The zero-order chi connectivity index (χ0) is 15.6. The maximum Gasteiger partial charge on any atom is 0.257 e. The number of carbonyl (C=O) groups excluding carboxylic acids is 1. The summed E-state index contributed by atoms with van der Waals surface area (Å²) in [4.78, 5) is 14.7. The normalized spacial score (nSPS) is 22.9. The molecule has 1 aromatic heterocycles. The lowest BCUT2D eigenvalue weighted by atomic mass is 9.99. The third kappa shape index (κ3) is 3.46. The van der Waals surface area contributed by atoms with E-state index in [0.29, 0.717) is 25.3 Å². The van der Waals surface area contributed by atoms with Crippen molar-refractivity contribution >= 4 is 5.91 Å². The molecule has 1 amide bonds. The lowest BCUT2D eigenvalue weighted by Crippen LogP contribution is -2.46. The molecule has 1 aromatic rings. The highest BCUT2D eigenvalue weighted by Crippen LogP contribution is 2.22. The van der Waals surface area contributed by atoms with E-state index in [-0.39, 0.29) is 18.1 Å². The maximum atomic E-state index is 12.8. The zero-order valence-electron chi connectivity index (χ0n) is 13.5. The van der Waals surface area contributed by atoms with Crippen LogP contribution in [0.4, 0.5) is 0 Å². The van der Waals surface area contributed by atoms with Crippen LogP contribution in [0.5, 0.6) is 0 Å². The summed E-state index contributed by atoms with van der Waals surface area (Å²) in [5, 5.41) is 14.1. The average Bonchev–Trinajstić information content (AvgIpc) is 2.79. The third-order valence-corrected chi connectivity index (χ3v) is 4.16. The minimum absolute atomic E-state index is 0.0567. The molecular weight excluding hydrogens is 266 g/mol. The van der Waals surface area contributed by atoms with Gasteiger partial charge in [-0.05, 0) is 32.1 Å². The summed E-state index contributed by atoms with van der Waals surface area (Å²) in [6, 6.07) is 0.0828. The molecule has 21 heavy (non-hydrogen) atoms. The van der Waals surface area contributed by atoms with Crippen molar-refractivity contribution in [2.45, 2.75) is 65.6 Å². The van der Waals surface area contributed by atoms with E-state index in [1.54, 1.807) is 6.20 Å². The van der Waals surface area contributed by atoms with Crippen LogP contribution in [-0.4, -0.2) is 44.4 Å². The van der Waals surface area contributed by atoms with Gasteiger partial charge in [0.1, 0.15) is 0 Å². The van der Waals surface area contributed by atoms with Gasteiger partial charge in [-0.3, -0.25) is 9.48 Å². The summed E-state index contributed by atoms with van der Waals surface area (Å²) in [5.41, 5.74) is 1.74. The zero-order valence-corrected chi connectivity index (χ0v) is 13.5. The van der Waals surface area contributed by atoms with Gasteiger partial charge in [-0.1, -0.05) is 20.8 Å². The number of piperidine rings is 1. The Bertz CT molecular complexity index is 496. The van der Waals surface area contributed by atoms with Gasteiger partial charge in [0.05, 0.1) is 23.6 Å². The molecule has 5 nitrogen and oxygen atoms in total. The van der Waals surface area contributed by atoms with E-state index in [2.05, 4.69) is 25.9 Å². The second-order valence-electron chi connectivity index (χ2n) is 6.46. The molecule has 0 radical (unpaired) electrons. The standard InChI is InChI=1S/C16H27N3O2/c1-5-15-14(9-17-19(15)10-11(2)3)16(21)18-7-6-13(20)8-12(18)4/h9,11-13,20H,5-8,10H2,1-4H3/t12-,13-/m0/s1. The molecule has 0 aromatic carbocycles. The average molecular weight is 293 g/mol. The van der Waals surface area contributed by atoms with Gasteiger partial charge in [0, 0.05) is 19.1 Å². The molecule has 1 N–H and O–H groups in total. The highest BCUT2D eigenvalue weighted by Gasteiger charge is 2.30. The third-order valence-electron chi connectivity index (χ3n) is 4.16. The van der Waals surface area contributed by atoms with Gasteiger partial charge in [0.25, 0.3) is 5.91 Å². The first kappa shape index (κ1) is 16.0. The Morgan fingerprint density at radius 1 is 1.52 bits per heavy atom. The fourth-order valence-electron chi connectivity index (χ4n) is 3.07. The number of aromatic nitrogens is 2. The Kier molecular flexibility index (Phi) is 5.04. The van der Waals surface area contributed by atoms with Crippen LogP contribution in [0.2, 0.25) is 0 Å². The maximum absolute atomic E-state index is 12.8. The van der Waals surface area contributed by atoms with Crippen molar-refractivity contribution in [3.05, 3.63) is 17.5 Å². The first-order valence-corrected chi connectivity index (χ1v) is 7.97. The lowest BCUT2D eigenvalue weighted by Gasteiger charge is -2.35. The number of hydrogen-bond acceptors (Lipinski definition) is 3. The molecule has 2 atom stereocenters. The van der Waals surface area contributed by atoms with Crippen LogP contribution >= 0.6 is 0 Å². The molecule has 0 aliphatic carbocycles. The highest BCUT2D eigenvalue weighted by molar-refractivity contribution is 5.95. The smallest absolute Gasteiger partial charge is 0.257 e. The van der Waals surface area contributed by atoms with E-state index in [1.165, 1.54) is 0 Å². The molecule has 2 rings (SSSR count). The van der Waals surface area contributed by atoms with Gasteiger partial charge in [-0.25, -0.2) is 0 Å². The van der Waals surface area contributed by atoms with Crippen molar-refractivity contribution in [2.24, 2.45) is 5.92 Å². The fourth-order valence-corrected chi connectivity index (χ4v) is 3.07. The van der Waals surface area contributed by atoms with Crippen LogP contribution in [-0.2, 0) is 13.0 Å². The molecule has 1 aliphatic rings. The molecule has 2 heterocycles. The Labute approximate surface area is 126 Å². The summed E-state index contributed by atoms with van der Waals surface area (Å²) in [6.07, 6.45) is 3.56. The summed E-state index contributed by atoms with van der Waals surface area (Å²) in [5.74, 6) is 0.559. The Balaban J connectivity index is 2.21. The summed E-state index contributed by atoms with van der Waals surface area (Å²) in [6.45, 7) is 9.83. The number of hydrogen-bond donors (Lipinski definition) is 1. The van der Waals surface area contributed by atoms with E-state index < -0.39 is 0 Å². The van der Waals surface area contributed by atoms with Gasteiger partial charge in [-0.2, -0.15) is 5.10 Å². The van der Waals surface area contributed by atoms with E-state index in [1.807, 2.05) is 16.5 Å². The first-order valence-electron chi connectivity index (χ1n) is 7.97. The molecule has 0 spiro atoms. The lowest BCUT2D eigenvalue weighted by molar-refractivity contribution is 0.0364. The van der Waals surface area contributed by atoms with Gasteiger partial charge in [0.15, 0.2) is 0 Å². The van der Waals surface area contributed by atoms with Crippen LogP contribution in [0, 0.1) is 5.92 Å². The van der Waals surface area contributed by atoms with Gasteiger partial charge in [0.2, 0.25) is 0 Å². The fraction of sp³-hybridized carbons (Fsp3) is 0.750. The number of rotatable bonds is 4. The molecule has 1 aliphatic heterocycles. The SMILES string of the molecule is CCc1c(C(=O)N2CC[C@H](O)C[C@@H]2C)cnn1CC(C)C. The van der Waals surface area contributed by atoms with Gasteiger partial charge >= 0.3 is 0 Å². The predicted octanol–water partition coefficient (Wildman–Crippen LogP) is 2.09. The quantitative estimate of drug-likeness (QED) is 0.924. The molecule has 5 heteroatoms. The van der Waals surface area contributed by atoms with E-state index in [4.69, 9.17) is 0 Å². The summed E-state index contributed by atoms with van der Waals surface area (Å²) < 4.78 is 1.96. The molecule has 1 fully saturated rings. The number of carbonyl (C=O) groups is 1. The van der Waals surface area contributed by atoms with Crippen LogP contribution in [0.1, 0.15) is 56.6 Å². The van der Waals surface area contributed by atoms with E-state index in [0.717, 1.165) is 24.2 Å². The number of likely N-dealkylation sites (tertiary alicyclic amines) is 1. The van der Waals surface area contributed by atoms with Gasteiger partial charge < -0.3 is 10.0 Å². The molecule has 1 saturated heterocycles. The Hall–Kier alpha value is -1.36. The largest absolute Gasteiger partial charge is 0.393 e. The van der Waals surface area contributed by atoms with Crippen molar-refractivity contribution in [3.63, 3.8) is 0 Å². The minimum Gasteiger partial charge on any atom is -0.393 e. The minimum atomic E-state index is -0.279. The van der Waals surface area contributed by atoms with Crippen LogP contribution in [0.3, 0.4) is 0 Å².